The third-order valence-electron chi connectivity index (χ3n) is 21.7. The molecule has 1 aromatic rings. The maximum Gasteiger partial charge on any atom is 0.326 e. The fraction of sp³-hybridized carbons (Fsp3) is 0.709. The number of amides is 13. The Bertz CT molecular complexity index is 3560. The number of carbonyl (C=O) groups excluding carboxylic acids is 13. The first-order valence-corrected chi connectivity index (χ1v) is 41.4. The number of phenols is 1. The zero-order chi connectivity index (χ0) is 86.0. The number of nitrogens with two attached hydrogens (primary N) is 1. The van der Waals surface area contributed by atoms with E-state index in [0.717, 1.165) is 38.5 Å². The molecule has 2 heterocycles. The summed E-state index contributed by atoms with van der Waals surface area (Å²) >= 11 is 4.49. The van der Waals surface area contributed by atoms with Crippen molar-refractivity contribution < 1.29 is 107 Å². The van der Waals surface area contributed by atoms with E-state index in [1.807, 2.05) is 0 Å². The number of nitrogens with one attached hydrogen (secondary N) is 11. The van der Waals surface area contributed by atoms with Crippen LogP contribution >= 0.6 is 12.6 Å². The minimum atomic E-state index is -1.85. The molecule has 0 bridgehead atoms. The number of aromatic hydroxyl groups is 1. The minimum Gasteiger partial charge on any atom is -0.508 e. The molecule has 5 rings (SSSR count). The van der Waals surface area contributed by atoms with Gasteiger partial charge in [0.25, 0.3) is 0 Å². The van der Waals surface area contributed by atoms with E-state index in [2.05, 4.69) is 71.1 Å². The number of carboxylic acids is 4. The number of hydrogen-bond acceptors (Lipinski definition) is 20. The molecular weight excluding hydrogens is 1530 g/mol. The molecule has 37 heteroatoms. The third-order valence-corrected chi connectivity index (χ3v) is 22.1. The summed E-state index contributed by atoms with van der Waals surface area (Å²) in [5.74, 6) is -18.0. The Labute approximate surface area is 682 Å². The molecule has 18 N–H and O–H groups in total. The quantitative estimate of drug-likeness (QED) is 0.0323. The van der Waals surface area contributed by atoms with E-state index >= 15 is 0 Å². The van der Waals surface area contributed by atoms with E-state index in [1.165, 1.54) is 41.0 Å². The number of carboxylic acid groups (broad SMARTS) is 4. The van der Waals surface area contributed by atoms with Gasteiger partial charge in [-0.25, -0.2) is 4.79 Å². The van der Waals surface area contributed by atoms with Crippen LogP contribution in [-0.2, 0) is 87.9 Å². The van der Waals surface area contributed by atoms with Crippen molar-refractivity contribution in [2.24, 2.45) is 35.3 Å². The third kappa shape index (κ3) is 32.4. The Morgan fingerprint density at radius 2 is 0.905 bits per heavy atom. The number of likely N-dealkylation sites (tertiary alicyclic amines) is 2. The van der Waals surface area contributed by atoms with E-state index in [9.17, 15) is 107 Å². The second kappa shape index (κ2) is 48.8. The molecule has 36 nitrogen and oxygen atoms in total. The van der Waals surface area contributed by atoms with Gasteiger partial charge in [0, 0.05) is 45.2 Å². The SMILES string of the molecule is CC[C@H](C)[C@H](NC(=O)[C@H](CC(C)C)NC(=O)[C@@H](CCC(=O)O)NC(=O)[C@@H](N)CC(=O)O)C(=O)N[C@@H](CC1CCCCC1)C(=O)N[C@@H](CS)C(=O)N1CCC[C@H]1C(=O)N[C@@H](CC1CCCCC1)C(=O)N[C@@H](CC(=O)O)C(=O)N[C@@H](CC(C)C)C(=O)N1CCC[C@H]1C(=O)N[C@@H](Cc1ccc(O)cc1)C(=O)N[C@@H](CCCCNC(C)=O)C(=O)O. The minimum absolute atomic E-state index is 0.00822. The first-order chi connectivity index (χ1) is 54.9. The van der Waals surface area contributed by atoms with Crippen molar-refractivity contribution in [3.8, 4) is 5.75 Å². The van der Waals surface area contributed by atoms with Crippen molar-refractivity contribution in [2.75, 3.05) is 25.4 Å². The molecule has 1 aromatic carbocycles. The Balaban J connectivity index is 1.34. The van der Waals surface area contributed by atoms with Crippen LogP contribution in [0.4, 0.5) is 0 Å². The normalized spacial score (nSPS) is 18.9. The average molecular weight is 1650 g/mol. The first kappa shape index (κ1) is 96.9. The molecule has 116 heavy (non-hydrogen) atoms. The lowest BCUT2D eigenvalue weighted by molar-refractivity contribution is -0.145. The van der Waals surface area contributed by atoms with Crippen molar-refractivity contribution in [1.29, 1.82) is 0 Å². The predicted octanol–water partition coefficient (Wildman–Crippen LogP) is 1.31. The van der Waals surface area contributed by atoms with Gasteiger partial charge >= 0.3 is 23.9 Å². The highest BCUT2D eigenvalue weighted by atomic mass is 32.1. The lowest BCUT2D eigenvalue weighted by Crippen LogP contribution is -2.62. The van der Waals surface area contributed by atoms with Gasteiger partial charge in [0.15, 0.2) is 0 Å². The van der Waals surface area contributed by atoms with Crippen LogP contribution in [0.3, 0.4) is 0 Å². The van der Waals surface area contributed by atoms with Crippen LogP contribution in [-0.4, -0.2) is 240 Å². The summed E-state index contributed by atoms with van der Waals surface area (Å²) in [6.07, 6.45) is 6.75. The molecule has 0 radical (unpaired) electrons. The van der Waals surface area contributed by atoms with E-state index in [-0.39, 0.29) is 112 Å². The molecule has 13 amide bonds. The lowest BCUT2D eigenvalue weighted by atomic mass is 9.84. The molecule has 2 aliphatic carbocycles. The van der Waals surface area contributed by atoms with Crippen LogP contribution in [0.25, 0.3) is 0 Å². The number of benzene rings is 1. The zero-order valence-electron chi connectivity index (χ0n) is 67.7. The van der Waals surface area contributed by atoms with Crippen molar-refractivity contribution >= 4 is 113 Å². The highest BCUT2D eigenvalue weighted by molar-refractivity contribution is 7.80. The maximum atomic E-state index is 14.9. The molecular formula is C79H124N14O22S. The molecule has 2 aliphatic heterocycles. The van der Waals surface area contributed by atoms with E-state index in [0.29, 0.717) is 63.4 Å². The summed E-state index contributed by atoms with van der Waals surface area (Å²) < 4.78 is 0. The summed E-state index contributed by atoms with van der Waals surface area (Å²) in [5, 5.41) is 78.0. The fourth-order valence-electron chi connectivity index (χ4n) is 15.2. The zero-order valence-corrected chi connectivity index (χ0v) is 68.6. The molecule has 2 saturated heterocycles. The van der Waals surface area contributed by atoms with E-state index in [1.54, 1.807) is 41.5 Å². The summed E-state index contributed by atoms with van der Waals surface area (Å²) in [6, 6.07) is -12.8. The van der Waals surface area contributed by atoms with E-state index in [4.69, 9.17) is 5.73 Å². The second-order valence-electron chi connectivity index (χ2n) is 32.1. The van der Waals surface area contributed by atoms with Crippen molar-refractivity contribution in [3.05, 3.63) is 29.8 Å². The summed E-state index contributed by atoms with van der Waals surface area (Å²) in [7, 11) is 0. The van der Waals surface area contributed by atoms with Gasteiger partial charge in [0.1, 0.15) is 78.3 Å². The van der Waals surface area contributed by atoms with Crippen molar-refractivity contribution in [1.82, 2.24) is 68.3 Å². The summed E-state index contributed by atoms with van der Waals surface area (Å²) in [5.41, 5.74) is 6.21. The highest BCUT2D eigenvalue weighted by Gasteiger charge is 2.44. The van der Waals surface area contributed by atoms with Gasteiger partial charge in [-0.3, -0.25) is 76.7 Å². The fourth-order valence-corrected chi connectivity index (χ4v) is 15.5. The first-order valence-electron chi connectivity index (χ1n) is 40.8. The van der Waals surface area contributed by atoms with Gasteiger partial charge < -0.3 is 99.6 Å². The molecule has 0 aromatic heterocycles. The maximum absolute atomic E-state index is 14.9. The monoisotopic (exact) mass is 1650 g/mol. The number of carbonyl (C=O) groups is 17. The molecule has 0 unspecified atom stereocenters. The number of thiol groups is 1. The van der Waals surface area contributed by atoms with Crippen LogP contribution in [0.2, 0.25) is 0 Å². The van der Waals surface area contributed by atoms with Crippen LogP contribution in [0.5, 0.6) is 5.75 Å². The number of aliphatic carboxylic acids is 4. The molecule has 0 spiro atoms. The number of hydrogen-bond donors (Lipinski definition) is 18. The molecule has 2 saturated carbocycles. The van der Waals surface area contributed by atoms with Crippen LogP contribution in [0.15, 0.2) is 24.3 Å². The summed E-state index contributed by atoms with van der Waals surface area (Å²) in [4.78, 5) is 235. The van der Waals surface area contributed by atoms with Crippen molar-refractivity contribution in [2.45, 2.75) is 300 Å². The van der Waals surface area contributed by atoms with Gasteiger partial charge in [0.05, 0.1) is 18.9 Å². The van der Waals surface area contributed by atoms with Gasteiger partial charge in [-0.15, -0.1) is 0 Å². The summed E-state index contributed by atoms with van der Waals surface area (Å²) in [6.45, 7) is 12.1. The van der Waals surface area contributed by atoms with Crippen LogP contribution in [0.1, 0.15) is 221 Å². The second-order valence-corrected chi connectivity index (χ2v) is 32.5. The van der Waals surface area contributed by atoms with Crippen LogP contribution in [0, 0.1) is 29.6 Å². The Hall–Kier alpha value is -9.68. The molecule has 14 atom stereocenters. The predicted molar refractivity (Wildman–Crippen MR) is 425 cm³/mol. The Morgan fingerprint density at radius 1 is 0.466 bits per heavy atom. The largest absolute Gasteiger partial charge is 0.508 e. The Morgan fingerprint density at radius 3 is 1.41 bits per heavy atom. The van der Waals surface area contributed by atoms with Gasteiger partial charge in [-0.2, -0.15) is 12.6 Å². The van der Waals surface area contributed by atoms with Gasteiger partial charge in [-0.05, 0) is 124 Å². The average Bonchev–Trinajstić information content (AvgIpc) is 1.62. The van der Waals surface area contributed by atoms with Crippen molar-refractivity contribution in [3.63, 3.8) is 0 Å². The van der Waals surface area contributed by atoms with Gasteiger partial charge in [-0.1, -0.05) is 124 Å². The van der Waals surface area contributed by atoms with E-state index < -0.39 is 205 Å². The molecule has 648 valence electrons. The number of nitrogens with zero attached hydrogens (tertiary/aromatic N) is 2. The van der Waals surface area contributed by atoms with Gasteiger partial charge in [0.2, 0.25) is 76.8 Å². The smallest absolute Gasteiger partial charge is 0.326 e. The topological polar surface area (TPSA) is 556 Å². The standard InChI is InChI=1S/C79H124N14O22S/c1-8-45(6)66(91-73(108)54(35-43(2)3)84-68(103)52(30-31-63(96)97)82-67(102)51(80)40-64(98)99)76(111)88-57(38-48-21-13-10-14-22-48)71(106)90-60(42-116)78(113)93-34-18-25-62(93)75(110)86-55(37-47-19-11-9-12-20-47)70(105)85-58(41-65(100)101)72(107)89-59(36-44(4)5)77(112)92-33-17-24-61(92)74(109)87-56(39-49-26-28-50(95)29-27-49)69(104)83-53(79(114)115)23-15-16-32-81-46(7)94/h26-29,43-45,47-48,51-62,66,95,116H,8-25,30-42,80H2,1-7H3,(H,81,94)(H,82,102)(H,83,104)(H,84,103)(H,85,105)(H,86,110)(H,87,109)(H,88,111)(H,89,107)(H,90,106)(H,91,108)(H,96,97)(H,98,99)(H,100,101)(H,114,115)/t45-,51-,52+,53-,54-,55-,56-,57-,58-,59-,60-,61-,62-,66-/m0/s1. The lowest BCUT2D eigenvalue weighted by Gasteiger charge is -2.33. The number of rotatable bonds is 48. The number of unbranched alkanes of at least 4 members (excludes halogenated alkanes) is 1. The Kier molecular flexibility index (Phi) is 40.7. The number of phenolic OH excluding ortho intramolecular Hbond substituents is 1. The van der Waals surface area contributed by atoms with Crippen LogP contribution < -0.4 is 64.2 Å². The highest BCUT2D eigenvalue weighted by Crippen LogP contribution is 2.31. The molecule has 4 fully saturated rings. The molecule has 4 aliphatic rings.